The van der Waals surface area contributed by atoms with E-state index in [1.54, 1.807) is 7.11 Å². The summed E-state index contributed by atoms with van der Waals surface area (Å²) < 4.78 is 5.27. The molecule has 0 amide bonds. The fourth-order valence-corrected chi connectivity index (χ4v) is 2.09. The monoisotopic (exact) mass is 242 g/mol. The van der Waals surface area contributed by atoms with Crippen LogP contribution in [-0.2, 0) is 0 Å². The van der Waals surface area contributed by atoms with E-state index in [0.717, 1.165) is 11.4 Å². The molecule has 2 rings (SSSR count). The third kappa shape index (κ3) is 2.68. The lowest BCUT2D eigenvalue weighted by atomic mass is 9.99. The predicted molar refractivity (Wildman–Crippen MR) is 72.9 cm³/mol. The zero-order valence-electron chi connectivity index (χ0n) is 11.0. The van der Waals surface area contributed by atoms with Crippen molar-refractivity contribution in [1.82, 2.24) is 10.3 Å². The molecule has 1 heterocycles. The van der Waals surface area contributed by atoms with Crippen molar-refractivity contribution in [1.29, 1.82) is 0 Å². The molecule has 1 aromatic heterocycles. The van der Waals surface area contributed by atoms with E-state index in [9.17, 15) is 0 Å². The summed E-state index contributed by atoms with van der Waals surface area (Å²) in [5.74, 6) is 0.874. The molecule has 0 spiro atoms. The molecule has 0 aliphatic carbocycles. The normalized spacial score (nSPS) is 12.2. The van der Waals surface area contributed by atoms with Crippen LogP contribution in [0.5, 0.6) is 5.75 Å². The molecule has 94 valence electrons. The van der Waals surface area contributed by atoms with Crippen molar-refractivity contribution < 1.29 is 4.74 Å². The first-order valence-electron chi connectivity index (χ1n) is 5.98. The van der Waals surface area contributed by atoms with Gasteiger partial charge in [-0.3, -0.25) is 4.98 Å². The number of aromatic nitrogens is 1. The second-order valence-corrected chi connectivity index (χ2v) is 4.23. The van der Waals surface area contributed by atoms with Gasteiger partial charge in [-0.2, -0.15) is 0 Å². The van der Waals surface area contributed by atoms with Gasteiger partial charge in [0.15, 0.2) is 0 Å². The van der Waals surface area contributed by atoms with Gasteiger partial charge in [-0.1, -0.05) is 12.1 Å². The van der Waals surface area contributed by atoms with Crippen LogP contribution in [0.4, 0.5) is 0 Å². The van der Waals surface area contributed by atoms with E-state index in [-0.39, 0.29) is 6.04 Å². The van der Waals surface area contributed by atoms with E-state index < -0.39 is 0 Å². The molecule has 0 bridgehead atoms. The molecule has 0 radical (unpaired) electrons. The highest BCUT2D eigenvalue weighted by atomic mass is 16.5. The molecule has 0 saturated carbocycles. The van der Waals surface area contributed by atoms with Gasteiger partial charge in [0.2, 0.25) is 0 Å². The van der Waals surface area contributed by atoms with Crippen LogP contribution in [0.2, 0.25) is 0 Å². The first-order valence-corrected chi connectivity index (χ1v) is 5.98. The number of methoxy groups -OCH3 is 1. The van der Waals surface area contributed by atoms with Gasteiger partial charge in [0.25, 0.3) is 0 Å². The number of nitrogens with zero attached hydrogens (tertiary/aromatic N) is 1. The number of pyridine rings is 1. The van der Waals surface area contributed by atoms with Crippen LogP contribution in [0.3, 0.4) is 0 Å². The van der Waals surface area contributed by atoms with Crippen LogP contribution in [0.1, 0.15) is 22.9 Å². The Balaban J connectivity index is 2.38. The molecule has 1 N–H and O–H groups in total. The molecule has 1 aromatic carbocycles. The number of benzene rings is 1. The average Bonchev–Trinajstić information content (AvgIpc) is 2.40. The van der Waals surface area contributed by atoms with E-state index in [2.05, 4.69) is 28.5 Å². The Bertz CT molecular complexity index is 525. The molecule has 0 fully saturated rings. The second-order valence-electron chi connectivity index (χ2n) is 4.23. The number of hydrogen-bond donors (Lipinski definition) is 1. The minimum Gasteiger partial charge on any atom is -0.497 e. The molecule has 2 aromatic rings. The Hall–Kier alpha value is -1.87. The molecule has 18 heavy (non-hydrogen) atoms. The maximum atomic E-state index is 5.27. The smallest absolute Gasteiger partial charge is 0.119 e. The van der Waals surface area contributed by atoms with Gasteiger partial charge in [0.1, 0.15) is 5.75 Å². The van der Waals surface area contributed by atoms with E-state index in [0.29, 0.717) is 0 Å². The topological polar surface area (TPSA) is 34.1 Å². The van der Waals surface area contributed by atoms with Gasteiger partial charge < -0.3 is 10.1 Å². The van der Waals surface area contributed by atoms with Crippen molar-refractivity contribution in [2.24, 2.45) is 0 Å². The molecule has 1 unspecified atom stereocenters. The third-order valence-corrected chi connectivity index (χ3v) is 2.97. The van der Waals surface area contributed by atoms with E-state index >= 15 is 0 Å². The lowest BCUT2D eigenvalue weighted by Crippen LogP contribution is -2.17. The SMILES string of the molecule is CNC(c1cccc(OC)c1)c1ccnc(C)c1. The van der Waals surface area contributed by atoms with Gasteiger partial charge in [-0.15, -0.1) is 0 Å². The predicted octanol–water partition coefficient (Wildman–Crippen LogP) is 2.71. The summed E-state index contributed by atoms with van der Waals surface area (Å²) >= 11 is 0. The molecule has 0 aliphatic heterocycles. The highest BCUT2D eigenvalue weighted by molar-refractivity contribution is 5.36. The summed E-state index contributed by atoms with van der Waals surface area (Å²) in [4.78, 5) is 4.23. The average molecular weight is 242 g/mol. The number of aryl methyl sites for hydroxylation is 1. The van der Waals surface area contributed by atoms with E-state index in [1.165, 1.54) is 11.1 Å². The van der Waals surface area contributed by atoms with Crippen LogP contribution >= 0.6 is 0 Å². The highest BCUT2D eigenvalue weighted by Gasteiger charge is 2.12. The summed E-state index contributed by atoms with van der Waals surface area (Å²) in [6.45, 7) is 2.00. The summed E-state index contributed by atoms with van der Waals surface area (Å²) in [6.07, 6.45) is 1.84. The number of nitrogens with one attached hydrogen (secondary N) is 1. The fourth-order valence-electron chi connectivity index (χ4n) is 2.09. The van der Waals surface area contributed by atoms with E-state index in [1.807, 2.05) is 38.4 Å². The van der Waals surface area contributed by atoms with Gasteiger partial charge in [-0.05, 0) is 49.4 Å². The molecule has 0 saturated heterocycles. The Morgan fingerprint density at radius 3 is 2.61 bits per heavy atom. The van der Waals surface area contributed by atoms with Crippen LogP contribution in [0, 0.1) is 6.92 Å². The first-order chi connectivity index (χ1) is 8.74. The lowest BCUT2D eigenvalue weighted by molar-refractivity contribution is 0.414. The number of rotatable bonds is 4. The van der Waals surface area contributed by atoms with Crippen LogP contribution in [0.25, 0.3) is 0 Å². The minimum atomic E-state index is 0.154. The Labute approximate surface area is 108 Å². The summed E-state index contributed by atoms with van der Waals surface area (Å²) in [5, 5.41) is 3.33. The van der Waals surface area contributed by atoms with Crippen LogP contribution < -0.4 is 10.1 Å². The Morgan fingerprint density at radius 1 is 1.17 bits per heavy atom. The first kappa shape index (κ1) is 12.6. The second kappa shape index (κ2) is 5.65. The zero-order valence-corrected chi connectivity index (χ0v) is 11.0. The molecule has 1 atom stereocenters. The standard InChI is InChI=1S/C15H18N2O/c1-11-9-13(7-8-17-11)15(16-2)12-5-4-6-14(10-12)18-3/h4-10,15-16H,1-3H3. The van der Waals surface area contributed by atoms with Crippen molar-refractivity contribution in [3.63, 3.8) is 0 Å². The lowest BCUT2D eigenvalue weighted by Gasteiger charge is -2.18. The number of ether oxygens (including phenoxy) is 1. The maximum Gasteiger partial charge on any atom is 0.119 e. The van der Waals surface area contributed by atoms with Gasteiger partial charge >= 0.3 is 0 Å². The third-order valence-electron chi connectivity index (χ3n) is 2.97. The van der Waals surface area contributed by atoms with Crippen molar-refractivity contribution >= 4 is 0 Å². The van der Waals surface area contributed by atoms with Crippen LogP contribution in [0.15, 0.2) is 42.6 Å². The quantitative estimate of drug-likeness (QED) is 0.895. The molecule has 3 nitrogen and oxygen atoms in total. The summed E-state index contributed by atoms with van der Waals surface area (Å²) in [7, 11) is 3.64. The van der Waals surface area contributed by atoms with Crippen molar-refractivity contribution in [2.45, 2.75) is 13.0 Å². The minimum absolute atomic E-state index is 0.154. The number of hydrogen-bond acceptors (Lipinski definition) is 3. The highest BCUT2D eigenvalue weighted by Crippen LogP contribution is 2.24. The Morgan fingerprint density at radius 2 is 1.94 bits per heavy atom. The fraction of sp³-hybridized carbons (Fsp3) is 0.267. The summed E-state index contributed by atoms with van der Waals surface area (Å²) in [5.41, 5.74) is 3.41. The molecular formula is C15H18N2O. The van der Waals surface area contributed by atoms with Gasteiger partial charge in [-0.25, -0.2) is 0 Å². The van der Waals surface area contributed by atoms with Gasteiger partial charge in [0.05, 0.1) is 13.2 Å². The van der Waals surface area contributed by atoms with Gasteiger partial charge in [0, 0.05) is 11.9 Å². The van der Waals surface area contributed by atoms with Crippen molar-refractivity contribution in [2.75, 3.05) is 14.2 Å². The molecule has 0 aliphatic rings. The Kier molecular flexibility index (Phi) is 3.95. The van der Waals surface area contributed by atoms with Crippen molar-refractivity contribution in [3.8, 4) is 5.75 Å². The largest absolute Gasteiger partial charge is 0.497 e. The zero-order chi connectivity index (χ0) is 13.0. The van der Waals surface area contributed by atoms with E-state index in [4.69, 9.17) is 4.74 Å². The molecular weight excluding hydrogens is 224 g/mol. The summed E-state index contributed by atoms with van der Waals surface area (Å²) in [6, 6.07) is 12.4. The molecule has 3 heteroatoms. The maximum absolute atomic E-state index is 5.27. The van der Waals surface area contributed by atoms with Crippen LogP contribution in [-0.4, -0.2) is 19.1 Å². The van der Waals surface area contributed by atoms with Crippen molar-refractivity contribution in [3.05, 3.63) is 59.4 Å².